The first-order chi connectivity index (χ1) is 9.10. The summed E-state index contributed by atoms with van der Waals surface area (Å²) < 4.78 is 1.98. The summed E-state index contributed by atoms with van der Waals surface area (Å²) in [7, 11) is 0. The Bertz CT molecular complexity index is 436. The van der Waals surface area contributed by atoms with Gasteiger partial charge in [-0.05, 0) is 32.8 Å². The standard InChI is InChI=1S/C13H23N5O/c1-10(2)18-8-5-11(15-18)9-17(12-3-4-12)7-6-13(14)16-19/h5,8,10,12,19H,3-4,6-7,9H2,1-2H3,(H2,14,16). The topological polar surface area (TPSA) is 79.7 Å². The van der Waals surface area contributed by atoms with E-state index in [-0.39, 0.29) is 0 Å². The molecule has 6 heteroatoms. The molecule has 0 amide bonds. The number of nitrogens with two attached hydrogens (primary N) is 1. The van der Waals surface area contributed by atoms with Crippen molar-refractivity contribution in [1.82, 2.24) is 14.7 Å². The molecule has 19 heavy (non-hydrogen) atoms. The Kier molecular flexibility index (Phi) is 4.42. The van der Waals surface area contributed by atoms with E-state index in [2.05, 4.69) is 35.1 Å². The molecule has 1 aromatic rings. The molecule has 0 aromatic carbocycles. The van der Waals surface area contributed by atoms with Gasteiger partial charge in [-0.25, -0.2) is 0 Å². The van der Waals surface area contributed by atoms with Crippen molar-refractivity contribution in [3.05, 3.63) is 18.0 Å². The highest BCUT2D eigenvalue weighted by Crippen LogP contribution is 2.28. The number of rotatable bonds is 7. The Labute approximate surface area is 113 Å². The summed E-state index contributed by atoms with van der Waals surface area (Å²) in [5.74, 6) is 0.290. The zero-order valence-corrected chi connectivity index (χ0v) is 11.7. The fourth-order valence-corrected chi connectivity index (χ4v) is 2.10. The fourth-order valence-electron chi connectivity index (χ4n) is 2.10. The molecular weight excluding hydrogens is 242 g/mol. The third-order valence-corrected chi connectivity index (χ3v) is 3.40. The number of hydrogen-bond acceptors (Lipinski definition) is 4. The van der Waals surface area contributed by atoms with Gasteiger partial charge in [-0.1, -0.05) is 5.16 Å². The summed E-state index contributed by atoms with van der Waals surface area (Å²) >= 11 is 0. The molecule has 0 atom stereocenters. The largest absolute Gasteiger partial charge is 0.409 e. The van der Waals surface area contributed by atoms with Crippen molar-refractivity contribution in [1.29, 1.82) is 0 Å². The maximum absolute atomic E-state index is 8.58. The second kappa shape index (κ2) is 6.06. The van der Waals surface area contributed by atoms with Crippen LogP contribution >= 0.6 is 0 Å². The molecule has 0 bridgehead atoms. The van der Waals surface area contributed by atoms with E-state index in [4.69, 9.17) is 10.9 Å². The Morgan fingerprint density at radius 2 is 2.37 bits per heavy atom. The lowest BCUT2D eigenvalue weighted by atomic mass is 10.3. The van der Waals surface area contributed by atoms with Crippen LogP contribution in [-0.2, 0) is 6.54 Å². The lowest BCUT2D eigenvalue weighted by molar-refractivity contribution is 0.255. The monoisotopic (exact) mass is 265 g/mol. The molecule has 3 N–H and O–H groups in total. The molecule has 106 valence electrons. The van der Waals surface area contributed by atoms with Gasteiger partial charge in [0.1, 0.15) is 5.84 Å². The van der Waals surface area contributed by atoms with Crippen molar-refractivity contribution in [3.63, 3.8) is 0 Å². The quantitative estimate of drug-likeness (QED) is 0.339. The molecule has 1 saturated carbocycles. The van der Waals surface area contributed by atoms with Crippen LogP contribution in [0.4, 0.5) is 0 Å². The minimum Gasteiger partial charge on any atom is -0.409 e. The van der Waals surface area contributed by atoms with E-state index >= 15 is 0 Å². The second-order valence-corrected chi connectivity index (χ2v) is 5.42. The molecular formula is C13H23N5O. The lowest BCUT2D eigenvalue weighted by Gasteiger charge is -2.20. The predicted octanol–water partition coefficient (Wildman–Crippen LogP) is 1.56. The minimum absolute atomic E-state index is 0.290. The minimum atomic E-state index is 0.290. The molecule has 0 spiro atoms. The first-order valence-corrected chi connectivity index (χ1v) is 6.84. The van der Waals surface area contributed by atoms with E-state index in [1.165, 1.54) is 12.8 Å². The average Bonchev–Trinajstić information content (AvgIpc) is 3.13. The smallest absolute Gasteiger partial charge is 0.140 e. The van der Waals surface area contributed by atoms with E-state index in [0.29, 0.717) is 24.3 Å². The molecule has 1 fully saturated rings. The van der Waals surface area contributed by atoms with Crippen LogP contribution in [0.1, 0.15) is 44.8 Å². The zero-order valence-electron chi connectivity index (χ0n) is 11.7. The summed E-state index contributed by atoms with van der Waals surface area (Å²) in [6.45, 7) is 5.89. The Morgan fingerprint density at radius 1 is 1.63 bits per heavy atom. The SMILES string of the molecule is CC(C)n1ccc(CN(CCC(N)=NO)C2CC2)n1. The van der Waals surface area contributed by atoms with Gasteiger partial charge in [0.2, 0.25) is 0 Å². The molecule has 1 heterocycles. The average molecular weight is 265 g/mol. The van der Waals surface area contributed by atoms with Crippen LogP contribution in [0.5, 0.6) is 0 Å². The first kappa shape index (κ1) is 13.9. The van der Waals surface area contributed by atoms with Crippen LogP contribution < -0.4 is 5.73 Å². The van der Waals surface area contributed by atoms with E-state index < -0.39 is 0 Å². The Hall–Kier alpha value is -1.56. The predicted molar refractivity (Wildman–Crippen MR) is 74.1 cm³/mol. The Morgan fingerprint density at radius 3 is 2.89 bits per heavy atom. The van der Waals surface area contributed by atoms with Crippen LogP contribution in [0.2, 0.25) is 0 Å². The number of oxime groups is 1. The van der Waals surface area contributed by atoms with E-state index in [1.54, 1.807) is 0 Å². The van der Waals surface area contributed by atoms with Crippen molar-refractivity contribution < 1.29 is 5.21 Å². The molecule has 0 aliphatic heterocycles. The maximum atomic E-state index is 8.58. The van der Waals surface area contributed by atoms with Gasteiger partial charge in [0.25, 0.3) is 0 Å². The van der Waals surface area contributed by atoms with Crippen LogP contribution in [0.15, 0.2) is 17.4 Å². The number of aromatic nitrogens is 2. The number of hydrogen-bond donors (Lipinski definition) is 2. The molecule has 6 nitrogen and oxygen atoms in total. The van der Waals surface area contributed by atoms with Crippen LogP contribution in [0.3, 0.4) is 0 Å². The van der Waals surface area contributed by atoms with Crippen LogP contribution in [-0.4, -0.2) is 38.3 Å². The van der Waals surface area contributed by atoms with Gasteiger partial charge < -0.3 is 10.9 Å². The highest BCUT2D eigenvalue weighted by Gasteiger charge is 2.29. The summed E-state index contributed by atoms with van der Waals surface area (Å²) in [5.41, 5.74) is 6.62. The molecule has 1 aliphatic carbocycles. The first-order valence-electron chi connectivity index (χ1n) is 6.84. The maximum Gasteiger partial charge on any atom is 0.140 e. The van der Waals surface area contributed by atoms with E-state index in [0.717, 1.165) is 18.8 Å². The Balaban J connectivity index is 1.92. The van der Waals surface area contributed by atoms with E-state index in [9.17, 15) is 0 Å². The van der Waals surface area contributed by atoms with Crippen molar-refractivity contribution in [2.24, 2.45) is 10.9 Å². The van der Waals surface area contributed by atoms with Crippen molar-refractivity contribution in [3.8, 4) is 0 Å². The summed E-state index contributed by atoms with van der Waals surface area (Å²) in [6, 6.07) is 3.09. The van der Waals surface area contributed by atoms with Crippen molar-refractivity contribution in [2.75, 3.05) is 6.54 Å². The molecule has 1 aromatic heterocycles. The van der Waals surface area contributed by atoms with E-state index in [1.807, 2.05) is 10.9 Å². The molecule has 2 rings (SSSR count). The van der Waals surface area contributed by atoms with Crippen molar-refractivity contribution in [2.45, 2.75) is 51.7 Å². The third-order valence-electron chi connectivity index (χ3n) is 3.40. The number of amidine groups is 1. The fraction of sp³-hybridized carbons (Fsp3) is 0.692. The van der Waals surface area contributed by atoms with Gasteiger partial charge in [0.05, 0.1) is 5.69 Å². The third kappa shape index (κ3) is 3.96. The van der Waals surface area contributed by atoms with Crippen molar-refractivity contribution >= 4 is 5.84 Å². The van der Waals surface area contributed by atoms with Gasteiger partial charge in [0, 0.05) is 37.8 Å². The van der Waals surface area contributed by atoms with Crippen LogP contribution in [0.25, 0.3) is 0 Å². The lowest BCUT2D eigenvalue weighted by Crippen LogP contribution is -2.30. The van der Waals surface area contributed by atoms with Gasteiger partial charge in [0.15, 0.2) is 0 Å². The normalized spacial score (nSPS) is 16.5. The van der Waals surface area contributed by atoms with Gasteiger partial charge in [-0.15, -0.1) is 0 Å². The highest BCUT2D eigenvalue weighted by molar-refractivity contribution is 5.79. The number of nitrogens with zero attached hydrogens (tertiary/aromatic N) is 4. The molecule has 0 saturated heterocycles. The summed E-state index contributed by atoms with van der Waals surface area (Å²) in [6.07, 6.45) is 5.09. The second-order valence-electron chi connectivity index (χ2n) is 5.42. The molecule has 0 unspecified atom stereocenters. The van der Waals surface area contributed by atoms with Gasteiger partial charge in [-0.3, -0.25) is 9.58 Å². The molecule has 1 aliphatic rings. The highest BCUT2D eigenvalue weighted by atomic mass is 16.4. The van der Waals surface area contributed by atoms with Gasteiger partial charge in [-0.2, -0.15) is 5.10 Å². The molecule has 0 radical (unpaired) electrons. The summed E-state index contributed by atoms with van der Waals surface area (Å²) in [4.78, 5) is 2.37. The zero-order chi connectivity index (χ0) is 13.8. The van der Waals surface area contributed by atoms with Gasteiger partial charge >= 0.3 is 0 Å². The van der Waals surface area contributed by atoms with Crippen LogP contribution in [0, 0.1) is 0 Å². The summed E-state index contributed by atoms with van der Waals surface area (Å²) in [5, 5.41) is 16.2.